The molecule has 8 nitrogen and oxygen atoms in total. The third-order valence-corrected chi connectivity index (χ3v) is 7.77. The van der Waals surface area contributed by atoms with Gasteiger partial charge in [0, 0.05) is 41.4 Å². The zero-order valence-electron chi connectivity index (χ0n) is 21.3. The molecule has 0 spiro atoms. The summed E-state index contributed by atoms with van der Waals surface area (Å²) in [6, 6.07) is 23.8. The van der Waals surface area contributed by atoms with Gasteiger partial charge in [-0.3, -0.25) is 4.79 Å². The van der Waals surface area contributed by atoms with Gasteiger partial charge in [-0.2, -0.15) is 0 Å². The Balaban J connectivity index is 1.21. The molecule has 5 rings (SSSR count). The Morgan fingerprint density at radius 2 is 1.61 bits per heavy atom. The Bertz CT molecular complexity index is 1550. The second-order valence-electron chi connectivity index (χ2n) is 9.41. The van der Waals surface area contributed by atoms with Gasteiger partial charge in [0.05, 0.1) is 4.90 Å². The van der Waals surface area contributed by atoms with Crippen LogP contribution in [0.25, 0.3) is 0 Å². The predicted octanol–water partition coefficient (Wildman–Crippen LogP) is 5.10. The molecule has 0 saturated carbocycles. The van der Waals surface area contributed by atoms with Gasteiger partial charge >= 0.3 is 0 Å². The van der Waals surface area contributed by atoms with Gasteiger partial charge in [0.1, 0.15) is 0 Å². The molecule has 1 aliphatic rings. The van der Waals surface area contributed by atoms with E-state index < -0.39 is 10.0 Å². The molecule has 0 atom stereocenters. The quantitative estimate of drug-likeness (QED) is 0.347. The highest BCUT2D eigenvalue weighted by molar-refractivity contribution is 7.92. The zero-order valence-corrected chi connectivity index (χ0v) is 22.1. The molecule has 9 heteroatoms. The van der Waals surface area contributed by atoms with Crippen LogP contribution in [-0.4, -0.2) is 30.8 Å². The summed E-state index contributed by atoms with van der Waals surface area (Å²) < 4.78 is 27.9. The number of hydrogen-bond donors (Lipinski definition) is 2. The Morgan fingerprint density at radius 1 is 0.921 bits per heavy atom. The average molecular weight is 528 g/mol. The minimum atomic E-state index is -3.87. The van der Waals surface area contributed by atoms with Crippen LogP contribution in [-0.2, 0) is 23.0 Å². The molecule has 1 aromatic heterocycles. The van der Waals surface area contributed by atoms with Crippen LogP contribution in [0.2, 0.25) is 0 Å². The number of fused-ring (bicyclic) bond motifs is 1. The summed E-state index contributed by atoms with van der Waals surface area (Å²) in [4.78, 5) is 23.5. The van der Waals surface area contributed by atoms with E-state index in [1.807, 2.05) is 24.3 Å². The van der Waals surface area contributed by atoms with Crippen molar-refractivity contribution in [3.8, 4) is 0 Å². The maximum Gasteiger partial charge on any atom is 0.264 e. The molecular weight excluding hydrogens is 498 g/mol. The number of benzene rings is 3. The Hall–Kier alpha value is -4.24. The molecule has 0 radical (unpaired) electrons. The lowest BCUT2D eigenvalue weighted by Gasteiger charge is -2.31. The number of aromatic nitrogens is 2. The number of sulfonamides is 1. The first-order valence-electron chi connectivity index (χ1n) is 12.5. The third-order valence-electron chi connectivity index (χ3n) is 6.43. The van der Waals surface area contributed by atoms with E-state index in [4.69, 9.17) is 0 Å². The summed E-state index contributed by atoms with van der Waals surface area (Å²) >= 11 is 0. The maximum atomic E-state index is 12.8. The number of aryl methyl sites for hydroxylation is 3. The van der Waals surface area contributed by atoms with Gasteiger partial charge in [-0.15, -0.1) is 0 Å². The van der Waals surface area contributed by atoms with Gasteiger partial charge in [0.15, 0.2) is 0 Å². The molecule has 2 heterocycles. The minimum absolute atomic E-state index is 0.0211. The summed E-state index contributed by atoms with van der Waals surface area (Å²) in [5.74, 6) is -0.245. The number of amides is 1. The van der Waals surface area contributed by atoms with Crippen LogP contribution in [0.5, 0.6) is 0 Å². The maximum absolute atomic E-state index is 12.8. The van der Waals surface area contributed by atoms with E-state index >= 15 is 0 Å². The van der Waals surface area contributed by atoms with Crippen molar-refractivity contribution < 1.29 is 13.2 Å². The fourth-order valence-corrected chi connectivity index (χ4v) is 5.57. The van der Waals surface area contributed by atoms with Crippen molar-refractivity contribution in [2.24, 2.45) is 0 Å². The van der Waals surface area contributed by atoms with Crippen LogP contribution in [0.15, 0.2) is 83.8 Å². The molecule has 3 aromatic carbocycles. The summed E-state index contributed by atoms with van der Waals surface area (Å²) in [5, 5.41) is 2.83. The highest BCUT2D eigenvalue weighted by Gasteiger charge is 2.18. The number of nitrogens with one attached hydrogen (secondary N) is 2. The van der Waals surface area contributed by atoms with Crippen LogP contribution in [0.4, 0.5) is 17.3 Å². The third kappa shape index (κ3) is 5.84. The topological polar surface area (TPSA) is 104 Å². The molecule has 0 bridgehead atoms. The number of hydrogen-bond acceptors (Lipinski definition) is 6. The van der Waals surface area contributed by atoms with Gasteiger partial charge in [-0.05, 0) is 86.3 Å². The SMILES string of the molecule is Cc1cc(C)nc(NS(=O)(=O)c2ccc(NC(=O)c3ccc(CN4CCCc5ccccc54)cc3)cc2)n1. The van der Waals surface area contributed by atoms with Crippen molar-refractivity contribution in [2.45, 2.75) is 38.1 Å². The summed E-state index contributed by atoms with van der Waals surface area (Å²) in [6.07, 6.45) is 2.24. The normalized spacial score (nSPS) is 13.1. The van der Waals surface area contributed by atoms with Gasteiger partial charge < -0.3 is 10.2 Å². The minimum Gasteiger partial charge on any atom is -0.367 e. The second-order valence-corrected chi connectivity index (χ2v) is 11.1. The standard InChI is InChI=1S/C29H29N5O3S/c1-20-18-21(2)31-29(30-20)33-38(36,37)26-15-13-25(14-16-26)32-28(35)24-11-9-22(10-12-24)19-34-17-5-7-23-6-3-4-8-27(23)34/h3-4,6,8-16,18H,5,7,17,19H2,1-2H3,(H,32,35)(H,30,31,33). The van der Waals surface area contributed by atoms with Crippen molar-refractivity contribution in [2.75, 3.05) is 21.5 Å². The number of para-hydroxylation sites is 1. The number of nitrogens with zero attached hydrogens (tertiary/aromatic N) is 3. The average Bonchev–Trinajstić information content (AvgIpc) is 2.89. The lowest BCUT2D eigenvalue weighted by atomic mass is 10.0. The Labute approximate surface area is 222 Å². The first-order valence-corrected chi connectivity index (χ1v) is 13.9. The van der Waals surface area contributed by atoms with Crippen LogP contribution in [0.3, 0.4) is 0 Å². The second kappa shape index (κ2) is 10.6. The molecule has 0 aliphatic carbocycles. The number of carbonyl (C=O) groups is 1. The van der Waals surface area contributed by atoms with E-state index in [1.165, 1.54) is 23.4 Å². The smallest absolute Gasteiger partial charge is 0.264 e. The Kier molecular flexibility index (Phi) is 7.11. The van der Waals surface area contributed by atoms with E-state index in [-0.39, 0.29) is 16.8 Å². The fourth-order valence-electron chi connectivity index (χ4n) is 4.63. The molecule has 0 fully saturated rings. The number of carbonyl (C=O) groups excluding carboxylic acids is 1. The molecule has 2 N–H and O–H groups in total. The van der Waals surface area contributed by atoms with E-state index in [1.54, 1.807) is 32.0 Å². The Morgan fingerprint density at radius 3 is 2.32 bits per heavy atom. The van der Waals surface area contributed by atoms with Gasteiger partial charge in [-0.25, -0.2) is 23.1 Å². The van der Waals surface area contributed by atoms with Gasteiger partial charge in [0.2, 0.25) is 5.95 Å². The molecule has 1 aliphatic heterocycles. The largest absolute Gasteiger partial charge is 0.367 e. The molecule has 0 unspecified atom stereocenters. The lowest BCUT2D eigenvalue weighted by molar-refractivity contribution is 0.102. The van der Waals surface area contributed by atoms with E-state index in [0.29, 0.717) is 22.6 Å². The molecule has 4 aromatic rings. The summed E-state index contributed by atoms with van der Waals surface area (Å²) in [6.45, 7) is 5.34. The van der Waals surface area contributed by atoms with Gasteiger partial charge in [-0.1, -0.05) is 30.3 Å². The van der Waals surface area contributed by atoms with Crippen LogP contribution < -0.4 is 14.9 Å². The van der Waals surface area contributed by atoms with Crippen LogP contribution >= 0.6 is 0 Å². The highest BCUT2D eigenvalue weighted by Crippen LogP contribution is 2.28. The highest BCUT2D eigenvalue weighted by atomic mass is 32.2. The zero-order chi connectivity index (χ0) is 26.7. The van der Waals surface area contributed by atoms with Crippen molar-refractivity contribution in [3.63, 3.8) is 0 Å². The van der Waals surface area contributed by atoms with Crippen molar-refractivity contribution in [3.05, 3.63) is 107 Å². The molecule has 194 valence electrons. The molecule has 38 heavy (non-hydrogen) atoms. The monoisotopic (exact) mass is 527 g/mol. The molecule has 0 saturated heterocycles. The first kappa shape index (κ1) is 25.4. The van der Waals surface area contributed by atoms with Crippen molar-refractivity contribution in [1.82, 2.24) is 9.97 Å². The van der Waals surface area contributed by atoms with E-state index in [0.717, 1.165) is 31.5 Å². The molecule has 1 amide bonds. The first-order chi connectivity index (χ1) is 18.3. The molecular formula is C29H29N5O3S. The van der Waals surface area contributed by atoms with Crippen LogP contribution in [0, 0.1) is 13.8 Å². The number of anilines is 3. The summed E-state index contributed by atoms with van der Waals surface area (Å²) in [7, 11) is -3.87. The van der Waals surface area contributed by atoms with Crippen molar-refractivity contribution >= 4 is 33.3 Å². The van der Waals surface area contributed by atoms with E-state index in [2.05, 4.69) is 49.2 Å². The van der Waals surface area contributed by atoms with Crippen LogP contribution in [0.1, 0.15) is 39.3 Å². The van der Waals surface area contributed by atoms with Gasteiger partial charge in [0.25, 0.3) is 15.9 Å². The predicted molar refractivity (Wildman–Crippen MR) is 149 cm³/mol. The van der Waals surface area contributed by atoms with Crippen molar-refractivity contribution in [1.29, 1.82) is 0 Å². The fraction of sp³-hybridized carbons (Fsp3) is 0.207. The summed E-state index contributed by atoms with van der Waals surface area (Å²) in [5.41, 5.74) is 6.14. The lowest BCUT2D eigenvalue weighted by Crippen LogP contribution is -2.28. The van der Waals surface area contributed by atoms with E-state index in [9.17, 15) is 13.2 Å². The number of rotatable bonds is 7.